The van der Waals surface area contributed by atoms with Crippen molar-refractivity contribution in [3.63, 3.8) is 0 Å². The Bertz CT molecular complexity index is 1060. The van der Waals surface area contributed by atoms with Crippen LogP contribution in [0.5, 0.6) is 11.5 Å². The van der Waals surface area contributed by atoms with E-state index in [4.69, 9.17) is 9.47 Å². The van der Waals surface area contributed by atoms with Gasteiger partial charge in [0.25, 0.3) is 5.56 Å². The van der Waals surface area contributed by atoms with E-state index in [2.05, 4.69) is 20.8 Å². The van der Waals surface area contributed by atoms with Crippen LogP contribution in [0.4, 0.5) is 5.82 Å². The van der Waals surface area contributed by atoms with E-state index in [-0.39, 0.29) is 11.5 Å². The first-order chi connectivity index (χ1) is 14.6. The number of H-pyrrole nitrogens is 1. The van der Waals surface area contributed by atoms with E-state index in [0.717, 1.165) is 17.4 Å². The molecule has 0 unspecified atom stereocenters. The van der Waals surface area contributed by atoms with E-state index in [1.165, 1.54) is 0 Å². The monoisotopic (exact) mass is 410 g/mol. The Morgan fingerprint density at radius 3 is 2.57 bits per heavy atom. The first-order valence-corrected chi connectivity index (χ1v) is 9.81. The number of carbonyl (C=O) groups is 1. The van der Waals surface area contributed by atoms with Gasteiger partial charge in [-0.2, -0.15) is 5.10 Å². The van der Waals surface area contributed by atoms with Gasteiger partial charge in [-0.25, -0.2) is 5.10 Å². The first-order valence-electron chi connectivity index (χ1n) is 9.81. The molecule has 1 amide bonds. The Balaban J connectivity index is 1.40. The van der Waals surface area contributed by atoms with Crippen LogP contribution in [0.2, 0.25) is 0 Å². The van der Waals surface area contributed by atoms with Crippen molar-refractivity contribution in [3.05, 3.63) is 58.4 Å². The number of aromatic amines is 1. The average molecular weight is 410 g/mol. The van der Waals surface area contributed by atoms with Crippen molar-refractivity contribution < 1.29 is 14.3 Å². The van der Waals surface area contributed by atoms with E-state index in [0.29, 0.717) is 48.6 Å². The standard InChI is InChI=1S/C22H26N4O4/c1-29-18-10-8-15(14-19(18)30-2)9-11-20(27)23-12-5-13-24-21-16-6-3-4-7-17(16)22(28)26-25-21/h3-4,6-8,10,14H,5,9,11-13H2,1-2H3,(H,23,27)(H,24,25)(H,26,28). The van der Waals surface area contributed by atoms with Crippen LogP contribution in [-0.4, -0.2) is 43.4 Å². The zero-order valence-electron chi connectivity index (χ0n) is 17.2. The minimum Gasteiger partial charge on any atom is -0.493 e. The molecule has 1 heterocycles. The summed E-state index contributed by atoms with van der Waals surface area (Å²) in [5, 5.41) is 14.1. The van der Waals surface area contributed by atoms with Crippen LogP contribution in [0.25, 0.3) is 10.8 Å². The van der Waals surface area contributed by atoms with Crippen LogP contribution in [0, 0.1) is 0 Å². The van der Waals surface area contributed by atoms with E-state index in [1.54, 1.807) is 20.3 Å². The minimum absolute atomic E-state index is 0.00241. The predicted octanol–water partition coefficient (Wildman–Crippen LogP) is 2.49. The zero-order chi connectivity index (χ0) is 21.3. The lowest BCUT2D eigenvalue weighted by Gasteiger charge is -2.10. The molecule has 8 nitrogen and oxygen atoms in total. The highest BCUT2D eigenvalue weighted by atomic mass is 16.5. The summed E-state index contributed by atoms with van der Waals surface area (Å²) in [6.45, 7) is 1.18. The fourth-order valence-electron chi connectivity index (χ4n) is 3.15. The molecule has 0 spiro atoms. The van der Waals surface area contributed by atoms with Crippen LogP contribution in [0.1, 0.15) is 18.4 Å². The Hall–Kier alpha value is -3.55. The number of aryl methyl sites for hydroxylation is 1. The van der Waals surface area contributed by atoms with E-state index >= 15 is 0 Å². The molecule has 0 aliphatic rings. The fourth-order valence-corrected chi connectivity index (χ4v) is 3.15. The maximum absolute atomic E-state index is 12.1. The molecule has 0 radical (unpaired) electrons. The van der Waals surface area contributed by atoms with Crippen molar-refractivity contribution in [1.82, 2.24) is 15.5 Å². The molecule has 2 aromatic carbocycles. The molecular weight excluding hydrogens is 384 g/mol. The summed E-state index contributed by atoms with van der Waals surface area (Å²) in [7, 11) is 3.18. The van der Waals surface area contributed by atoms with Gasteiger partial charge in [0, 0.05) is 24.9 Å². The summed E-state index contributed by atoms with van der Waals surface area (Å²) in [6, 6.07) is 13.0. The number of anilines is 1. The highest BCUT2D eigenvalue weighted by molar-refractivity contribution is 5.90. The molecule has 0 saturated heterocycles. The molecule has 0 aliphatic carbocycles. The highest BCUT2D eigenvalue weighted by Gasteiger charge is 2.08. The molecule has 0 bridgehead atoms. The Morgan fingerprint density at radius 2 is 1.80 bits per heavy atom. The number of fused-ring (bicyclic) bond motifs is 1. The fraction of sp³-hybridized carbons (Fsp3) is 0.318. The zero-order valence-corrected chi connectivity index (χ0v) is 17.2. The number of hydrogen-bond acceptors (Lipinski definition) is 6. The maximum Gasteiger partial charge on any atom is 0.272 e. The average Bonchev–Trinajstić information content (AvgIpc) is 2.78. The number of aromatic nitrogens is 2. The summed E-state index contributed by atoms with van der Waals surface area (Å²) in [6.07, 6.45) is 1.75. The summed E-state index contributed by atoms with van der Waals surface area (Å²) in [5.41, 5.74) is 0.804. The Morgan fingerprint density at radius 1 is 1.03 bits per heavy atom. The van der Waals surface area contributed by atoms with Crippen molar-refractivity contribution in [3.8, 4) is 11.5 Å². The lowest BCUT2D eigenvalue weighted by atomic mass is 10.1. The first kappa shape index (κ1) is 21.2. The molecule has 8 heteroatoms. The summed E-state index contributed by atoms with van der Waals surface area (Å²) in [5.74, 6) is 1.95. The van der Waals surface area contributed by atoms with Crippen molar-refractivity contribution in [2.75, 3.05) is 32.6 Å². The number of rotatable bonds is 10. The molecule has 158 valence electrons. The predicted molar refractivity (Wildman–Crippen MR) is 116 cm³/mol. The van der Waals surface area contributed by atoms with Crippen LogP contribution in [0.3, 0.4) is 0 Å². The van der Waals surface area contributed by atoms with Crippen LogP contribution < -0.4 is 25.7 Å². The van der Waals surface area contributed by atoms with Gasteiger partial charge in [-0.15, -0.1) is 0 Å². The van der Waals surface area contributed by atoms with Gasteiger partial charge in [-0.3, -0.25) is 9.59 Å². The molecule has 3 aromatic rings. The van der Waals surface area contributed by atoms with Gasteiger partial charge in [-0.1, -0.05) is 24.3 Å². The minimum atomic E-state index is -0.210. The van der Waals surface area contributed by atoms with Crippen molar-refractivity contribution in [2.45, 2.75) is 19.3 Å². The SMILES string of the molecule is COc1ccc(CCC(=O)NCCCNc2n[nH]c(=O)c3ccccc23)cc1OC. The summed E-state index contributed by atoms with van der Waals surface area (Å²) in [4.78, 5) is 23.9. The van der Waals surface area contributed by atoms with E-state index in [9.17, 15) is 9.59 Å². The number of hydrogen-bond donors (Lipinski definition) is 3. The molecular formula is C22H26N4O4. The number of nitrogens with zero attached hydrogens (tertiary/aromatic N) is 1. The molecule has 0 fully saturated rings. The third-order valence-corrected chi connectivity index (χ3v) is 4.75. The topological polar surface area (TPSA) is 105 Å². The number of ether oxygens (including phenoxy) is 2. The van der Waals surface area contributed by atoms with Gasteiger partial charge < -0.3 is 20.1 Å². The van der Waals surface area contributed by atoms with Crippen molar-refractivity contribution >= 4 is 22.5 Å². The summed E-state index contributed by atoms with van der Waals surface area (Å²) >= 11 is 0. The molecule has 0 saturated carbocycles. The molecule has 0 atom stereocenters. The maximum atomic E-state index is 12.1. The van der Waals surface area contributed by atoms with E-state index in [1.807, 2.05) is 36.4 Å². The lowest BCUT2D eigenvalue weighted by Crippen LogP contribution is -2.26. The number of methoxy groups -OCH3 is 2. The molecule has 3 N–H and O–H groups in total. The Kier molecular flexibility index (Phi) is 7.26. The summed E-state index contributed by atoms with van der Waals surface area (Å²) < 4.78 is 10.5. The molecule has 30 heavy (non-hydrogen) atoms. The normalized spacial score (nSPS) is 10.6. The van der Waals surface area contributed by atoms with Gasteiger partial charge in [0.05, 0.1) is 19.6 Å². The van der Waals surface area contributed by atoms with Gasteiger partial charge in [0.1, 0.15) is 0 Å². The molecule has 1 aromatic heterocycles. The van der Waals surface area contributed by atoms with Crippen LogP contribution >= 0.6 is 0 Å². The quantitative estimate of drug-likeness (QED) is 0.444. The number of benzene rings is 2. The van der Waals surface area contributed by atoms with Gasteiger partial charge >= 0.3 is 0 Å². The number of nitrogens with one attached hydrogen (secondary N) is 3. The van der Waals surface area contributed by atoms with Crippen LogP contribution in [-0.2, 0) is 11.2 Å². The Labute approximate surface area is 174 Å². The number of amides is 1. The largest absolute Gasteiger partial charge is 0.493 e. The lowest BCUT2D eigenvalue weighted by molar-refractivity contribution is -0.121. The van der Waals surface area contributed by atoms with Gasteiger partial charge in [0.2, 0.25) is 5.91 Å². The second-order valence-corrected chi connectivity index (χ2v) is 6.77. The smallest absolute Gasteiger partial charge is 0.272 e. The second kappa shape index (κ2) is 10.3. The second-order valence-electron chi connectivity index (χ2n) is 6.77. The third kappa shape index (κ3) is 5.28. The van der Waals surface area contributed by atoms with Gasteiger partial charge in [-0.05, 0) is 36.6 Å². The van der Waals surface area contributed by atoms with Crippen LogP contribution in [0.15, 0.2) is 47.3 Å². The molecule has 3 rings (SSSR count). The highest BCUT2D eigenvalue weighted by Crippen LogP contribution is 2.27. The third-order valence-electron chi connectivity index (χ3n) is 4.75. The van der Waals surface area contributed by atoms with E-state index < -0.39 is 0 Å². The molecule has 0 aliphatic heterocycles. The van der Waals surface area contributed by atoms with Crippen molar-refractivity contribution in [1.29, 1.82) is 0 Å². The van der Waals surface area contributed by atoms with Gasteiger partial charge in [0.15, 0.2) is 17.3 Å². The number of carbonyl (C=O) groups excluding carboxylic acids is 1. The van der Waals surface area contributed by atoms with Crippen molar-refractivity contribution in [2.24, 2.45) is 0 Å².